The molecule has 18 atom stereocenters. The van der Waals surface area contributed by atoms with Crippen LogP contribution in [0.3, 0.4) is 0 Å². The number of esters is 1. The molecule has 2 heterocycles. The van der Waals surface area contributed by atoms with Crippen LogP contribution in [-0.2, 0) is 33.3 Å². The molecule has 322 valence electrons. The monoisotopic (exact) mass is 808 g/mol. The van der Waals surface area contributed by atoms with Gasteiger partial charge in [0.25, 0.3) is 0 Å². The highest BCUT2D eigenvalue weighted by molar-refractivity contribution is 5.96. The van der Waals surface area contributed by atoms with Crippen molar-refractivity contribution in [2.75, 3.05) is 6.61 Å². The number of allylic oxidation sites excluding steroid dienone is 2. The van der Waals surface area contributed by atoms with E-state index in [9.17, 15) is 50.4 Å². The summed E-state index contributed by atoms with van der Waals surface area (Å²) in [6.07, 6.45) is -9.65. The Hall–Kier alpha value is -2.05. The summed E-state index contributed by atoms with van der Waals surface area (Å²) in [6, 6.07) is 0. The molecule has 6 fully saturated rings. The lowest BCUT2D eigenvalue weighted by molar-refractivity contribution is -0.323. The Labute approximate surface area is 333 Å². The van der Waals surface area contributed by atoms with Crippen molar-refractivity contribution in [2.24, 2.45) is 50.2 Å². The highest BCUT2D eigenvalue weighted by Crippen LogP contribution is 2.75. The summed E-state index contributed by atoms with van der Waals surface area (Å²) in [5.41, 5.74) is -2.25. The second-order valence-corrected chi connectivity index (χ2v) is 20.7. The summed E-state index contributed by atoms with van der Waals surface area (Å²) in [6.45, 7) is 14.5. The summed E-state index contributed by atoms with van der Waals surface area (Å²) in [7, 11) is 0. The van der Waals surface area contributed by atoms with Crippen LogP contribution in [0.5, 0.6) is 0 Å². The minimum absolute atomic E-state index is 0.0151. The van der Waals surface area contributed by atoms with Crippen molar-refractivity contribution in [2.45, 2.75) is 174 Å². The molecule has 2 saturated heterocycles. The van der Waals surface area contributed by atoms with Crippen LogP contribution >= 0.6 is 0 Å². The fourth-order valence-corrected chi connectivity index (χ4v) is 13.4. The van der Waals surface area contributed by atoms with Crippen molar-refractivity contribution >= 4 is 17.7 Å². The maximum Gasteiger partial charge on any atom is 0.335 e. The van der Waals surface area contributed by atoms with Crippen LogP contribution in [0.4, 0.5) is 0 Å². The summed E-state index contributed by atoms with van der Waals surface area (Å²) in [5, 5.41) is 82.4. The zero-order valence-corrected chi connectivity index (χ0v) is 34.2. The molecule has 7 rings (SSSR count). The van der Waals surface area contributed by atoms with E-state index in [1.807, 2.05) is 6.08 Å². The SMILES string of the molecule is CC1(C)CC[C@@]2(C(=O)O[C@@H]3O[C@H](CO)[C@@H](O)[C@H](O)[C@H]3O)CC[C@]3(C)C(=CC(=O)C4[C@@]5(C)CC[C@H](O[C@@H]6O[C@H](C(=O)O)[C@@H](O)[C@H](O)[C@H]6O)C(C)(C)C5CC[C@]43C)C2C1. The molecule has 2 aliphatic heterocycles. The minimum Gasteiger partial charge on any atom is -0.479 e. The number of aliphatic hydroxyl groups is 7. The Morgan fingerprint density at radius 2 is 1.40 bits per heavy atom. The molecule has 57 heavy (non-hydrogen) atoms. The first-order valence-electron chi connectivity index (χ1n) is 20.8. The molecule has 0 amide bonds. The zero-order chi connectivity index (χ0) is 42.0. The molecule has 0 aromatic rings. The minimum atomic E-state index is -1.83. The predicted molar refractivity (Wildman–Crippen MR) is 198 cm³/mol. The first-order chi connectivity index (χ1) is 26.4. The van der Waals surface area contributed by atoms with Gasteiger partial charge in [-0.1, -0.05) is 54.0 Å². The van der Waals surface area contributed by atoms with Crippen molar-refractivity contribution in [1.82, 2.24) is 0 Å². The van der Waals surface area contributed by atoms with Gasteiger partial charge in [-0.3, -0.25) is 9.59 Å². The molecule has 15 nitrogen and oxygen atoms in total. The van der Waals surface area contributed by atoms with Crippen LogP contribution < -0.4 is 0 Å². The van der Waals surface area contributed by atoms with E-state index in [1.165, 1.54) is 0 Å². The maximum absolute atomic E-state index is 15.0. The van der Waals surface area contributed by atoms with Crippen molar-refractivity contribution in [3.63, 3.8) is 0 Å². The number of aliphatic hydroxyl groups excluding tert-OH is 7. The number of fused-ring (bicyclic) bond motifs is 7. The highest BCUT2D eigenvalue weighted by Gasteiger charge is 2.72. The number of carbonyl (C=O) groups excluding carboxylic acids is 2. The number of ether oxygens (including phenoxy) is 4. The number of hydrogen-bond donors (Lipinski definition) is 8. The fourth-order valence-electron chi connectivity index (χ4n) is 13.4. The lowest BCUT2D eigenvalue weighted by atomic mass is 9.33. The molecule has 15 heteroatoms. The van der Waals surface area contributed by atoms with Gasteiger partial charge in [-0.25, -0.2) is 4.79 Å². The van der Waals surface area contributed by atoms with Gasteiger partial charge in [-0.05, 0) is 103 Å². The Morgan fingerprint density at radius 3 is 2.05 bits per heavy atom. The molecule has 0 radical (unpaired) electrons. The molecular weight excluding hydrogens is 744 g/mol. The molecule has 0 bridgehead atoms. The van der Waals surface area contributed by atoms with Crippen molar-refractivity contribution in [1.29, 1.82) is 0 Å². The van der Waals surface area contributed by atoms with E-state index in [2.05, 4.69) is 48.5 Å². The quantitative estimate of drug-likeness (QED) is 0.140. The lowest BCUT2D eigenvalue weighted by Gasteiger charge is -2.70. The number of hydrogen-bond acceptors (Lipinski definition) is 14. The van der Waals surface area contributed by atoms with Crippen LogP contribution in [-0.4, -0.2) is 133 Å². The van der Waals surface area contributed by atoms with Gasteiger partial charge in [-0.2, -0.15) is 0 Å². The topological polar surface area (TPSA) is 250 Å². The molecule has 0 aromatic carbocycles. The van der Waals surface area contributed by atoms with Gasteiger partial charge in [0.05, 0.1) is 18.1 Å². The van der Waals surface area contributed by atoms with Crippen molar-refractivity contribution in [3.8, 4) is 0 Å². The molecule has 3 unspecified atom stereocenters. The van der Waals surface area contributed by atoms with Crippen molar-refractivity contribution < 1.29 is 74.2 Å². The van der Waals surface area contributed by atoms with Crippen LogP contribution in [0.15, 0.2) is 11.6 Å². The third-order valence-corrected chi connectivity index (χ3v) is 16.9. The van der Waals surface area contributed by atoms with E-state index in [-0.39, 0.29) is 29.0 Å². The third-order valence-electron chi connectivity index (χ3n) is 16.9. The van der Waals surface area contributed by atoms with Gasteiger partial charge >= 0.3 is 11.9 Å². The maximum atomic E-state index is 15.0. The average Bonchev–Trinajstić information content (AvgIpc) is 3.13. The van der Waals surface area contributed by atoms with E-state index in [1.54, 1.807) is 0 Å². The van der Waals surface area contributed by atoms with Gasteiger partial charge in [0.15, 0.2) is 18.2 Å². The van der Waals surface area contributed by atoms with Crippen LogP contribution in [0, 0.1) is 50.2 Å². The molecule has 0 spiro atoms. The van der Waals surface area contributed by atoms with E-state index in [0.717, 1.165) is 18.4 Å². The van der Waals surface area contributed by atoms with Gasteiger partial charge in [0, 0.05) is 5.92 Å². The zero-order valence-electron chi connectivity index (χ0n) is 34.2. The standard InChI is InChI=1S/C42H64O15/c1-37(2)12-14-42(36(53)57-34-29(49)26(46)25(45)22(18-43)54-34)15-13-40(6)19(20(42)17-37)16-21(44)32-39(5)10-9-24(38(3,4)23(39)8-11-41(32,40)7)55-35-30(50)27(47)28(48)31(56-35)33(51)52/h16,20,22-32,34-35,43,45-50H,8-15,17-18H2,1-7H3,(H,51,52)/t20?,22-,23?,24+,25-,26+,27+,28+,29-,30-,31+,32?,34+,35-,39+,40-,41-,42-/m1/s1. The van der Waals surface area contributed by atoms with E-state index in [0.29, 0.717) is 44.9 Å². The molecular formula is C42H64O15. The molecule has 8 N–H and O–H groups in total. The second kappa shape index (κ2) is 14.3. The Bertz CT molecular complexity index is 1640. The number of carbonyl (C=O) groups is 3. The Kier molecular flexibility index (Phi) is 10.8. The summed E-state index contributed by atoms with van der Waals surface area (Å²) < 4.78 is 23.4. The summed E-state index contributed by atoms with van der Waals surface area (Å²) >= 11 is 0. The van der Waals surface area contributed by atoms with E-state index in [4.69, 9.17) is 18.9 Å². The first-order valence-corrected chi connectivity index (χ1v) is 20.8. The third kappa shape index (κ3) is 6.31. The van der Waals surface area contributed by atoms with Crippen LogP contribution in [0.2, 0.25) is 0 Å². The van der Waals surface area contributed by atoms with Gasteiger partial charge in [0.1, 0.15) is 42.7 Å². The van der Waals surface area contributed by atoms with Crippen molar-refractivity contribution in [3.05, 3.63) is 11.6 Å². The fraction of sp³-hybridized carbons (Fsp3) is 0.881. The summed E-state index contributed by atoms with van der Waals surface area (Å²) in [5.74, 6) is -2.80. The number of carboxylic acids is 1. The normalized spacial score (nSPS) is 51.6. The number of aliphatic carboxylic acids is 1. The second-order valence-electron chi connectivity index (χ2n) is 20.7. The van der Waals surface area contributed by atoms with E-state index < -0.39 is 113 Å². The van der Waals surface area contributed by atoms with Gasteiger partial charge in [-0.15, -0.1) is 0 Å². The number of rotatable bonds is 6. The Balaban J connectivity index is 1.18. The molecule has 5 aliphatic carbocycles. The molecule has 7 aliphatic rings. The van der Waals surface area contributed by atoms with Crippen LogP contribution in [0.25, 0.3) is 0 Å². The highest BCUT2D eigenvalue weighted by atomic mass is 16.7. The lowest BCUT2D eigenvalue weighted by Crippen LogP contribution is -2.68. The number of ketones is 1. The Morgan fingerprint density at radius 1 is 0.772 bits per heavy atom. The number of carboxylic acid groups (broad SMARTS) is 1. The van der Waals surface area contributed by atoms with E-state index >= 15 is 4.79 Å². The van der Waals surface area contributed by atoms with Gasteiger partial charge in [0.2, 0.25) is 6.29 Å². The largest absolute Gasteiger partial charge is 0.479 e. The molecule has 4 saturated carbocycles. The molecule has 0 aromatic heterocycles. The van der Waals surface area contributed by atoms with Gasteiger partial charge < -0.3 is 59.8 Å². The van der Waals surface area contributed by atoms with Crippen LogP contribution in [0.1, 0.15) is 106 Å². The summed E-state index contributed by atoms with van der Waals surface area (Å²) in [4.78, 5) is 41.4. The predicted octanol–water partition coefficient (Wildman–Crippen LogP) is 1.59. The first kappa shape index (κ1) is 43.1. The smallest absolute Gasteiger partial charge is 0.335 e. The average molecular weight is 809 g/mol.